The van der Waals surface area contributed by atoms with Crippen molar-refractivity contribution >= 4 is 15.9 Å². The quantitative estimate of drug-likeness (QED) is 0.599. The lowest BCUT2D eigenvalue weighted by Gasteiger charge is -2.22. The summed E-state index contributed by atoms with van der Waals surface area (Å²) in [5.74, 6) is 0.885. The minimum absolute atomic E-state index is 0.0651. The van der Waals surface area contributed by atoms with Crippen LogP contribution in [0.15, 0.2) is 42.6 Å². The van der Waals surface area contributed by atoms with Crippen LogP contribution in [0.5, 0.6) is 0 Å². The third-order valence-electron chi connectivity index (χ3n) is 4.92. The zero-order chi connectivity index (χ0) is 21.3. The number of hydrogen-bond acceptors (Lipinski definition) is 6. The average molecular weight is 430 g/mol. The van der Waals surface area contributed by atoms with Gasteiger partial charge in [-0.3, -0.25) is 14.6 Å². The number of benzene rings is 1. The van der Waals surface area contributed by atoms with Crippen molar-refractivity contribution in [3.8, 4) is 11.4 Å². The van der Waals surface area contributed by atoms with E-state index in [0.717, 1.165) is 17.5 Å². The Balaban J connectivity index is 1.59. The second kappa shape index (κ2) is 8.00. The molecule has 0 radical (unpaired) electrons. The standard InChI is InChI=1S/C19H23N7O3S/c1-13-8-9-25(23-13)12-17(27)26-11-15(24-30(2,28)29)10-16(26)19-20-18(21-22-19)14-6-4-3-5-7-14/h3-9,15-16,24H,10-12H2,1-2H3,(H,20,21,22)/t15-,16-/m0/s1. The zero-order valence-electron chi connectivity index (χ0n) is 16.7. The Morgan fingerprint density at radius 2 is 2.03 bits per heavy atom. The normalized spacial score (nSPS) is 19.3. The van der Waals surface area contributed by atoms with Gasteiger partial charge in [0.15, 0.2) is 5.82 Å². The van der Waals surface area contributed by atoms with Crippen LogP contribution in [0.25, 0.3) is 11.4 Å². The maximum Gasteiger partial charge on any atom is 0.244 e. The van der Waals surface area contributed by atoms with Gasteiger partial charge in [0.1, 0.15) is 12.4 Å². The van der Waals surface area contributed by atoms with Crippen molar-refractivity contribution < 1.29 is 13.2 Å². The molecule has 10 nitrogen and oxygen atoms in total. The summed E-state index contributed by atoms with van der Waals surface area (Å²) in [6.45, 7) is 2.17. The first-order chi connectivity index (χ1) is 14.3. The second-order valence-electron chi connectivity index (χ2n) is 7.45. The zero-order valence-corrected chi connectivity index (χ0v) is 17.5. The molecular weight excluding hydrogens is 406 g/mol. The Morgan fingerprint density at radius 1 is 1.27 bits per heavy atom. The van der Waals surface area contributed by atoms with Crippen LogP contribution >= 0.6 is 0 Å². The fourth-order valence-electron chi connectivity index (χ4n) is 3.68. The third-order valence-corrected chi connectivity index (χ3v) is 5.69. The minimum atomic E-state index is -3.41. The first-order valence-electron chi connectivity index (χ1n) is 9.53. The van der Waals surface area contributed by atoms with E-state index in [1.807, 2.05) is 43.3 Å². The molecule has 1 saturated heterocycles. The number of aryl methyl sites for hydroxylation is 1. The maximum absolute atomic E-state index is 13.0. The van der Waals surface area contributed by atoms with Crippen molar-refractivity contribution in [1.82, 2.24) is 34.6 Å². The minimum Gasteiger partial charge on any atom is -0.329 e. The fraction of sp³-hybridized carbons (Fsp3) is 0.368. The van der Waals surface area contributed by atoms with Crippen LogP contribution < -0.4 is 4.72 Å². The van der Waals surface area contributed by atoms with Crippen LogP contribution in [0.4, 0.5) is 0 Å². The first-order valence-corrected chi connectivity index (χ1v) is 11.4. The number of carbonyl (C=O) groups is 1. The van der Waals surface area contributed by atoms with Crippen LogP contribution in [-0.2, 0) is 21.4 Å². The number of H-pyrrole nitrogens is 1. The van der Waals surface area contributed by atoms with E-state index in [1.54, 1.807) is 15.8 Å². The summed E-state index contributed by atoms with van der Waals surface area (Å²) in [6, 6.07) is 10.5. The number of hydrogen-bond donors (Lipinski definition) is 2. The molecule has 0 aliphatic carbocycles. The van der Waals surface area contributed by atoms with E-state index in [9.17, 15) is 13.2 Å². The number of likely N-dealkylation sites (tertiary alicyclic amines) is 1. The van der Waals surface area contributed by atoms with Gasteiger partial charge in [0.25, 0.3) is 0 Å². The van der Waals surface area contributed by atoms with Gasteiger partial charge in [0, 0.05) is 24.3 Å². The van der Waals surface area contributed by atoms with Crippen LogP contribution in [0.3, 0.4) is 0 Å². The molecule has 0 unspecified atom stereocenters. The lowest BCUT2D eigenvalue weighted by Crippen LogP contribution is -2.39. The molecule has 4 rings (SSSR count). The maximum atomic E-state index is 13.0. The Labute approximate surface area is 174 Å². The highest BCUT2D eigenvalue weighted by molar-refractivity contribution is 7.88. The van der Waals surface area contributed by atoms with Gasteiger partial charge in [-0.1, -0.05) is 30.3 Å². The molecule has 11 heteroatoms. The number of nitrogens with zero attached hydrogens (tertiary/aromatic N) is 5. The van der Waals surface area contributed by atoms with E-state index in [1.165, 1.54) is 0 Å². The largest absolute Gasteiger partial charge is 0.329 e. The number of nitrogens with one attached hydrogen (secondary N) is 2. The Hall–Kier alpha value is -3.05. The third kappa shape index (κ3) is 4.57. The van der Waals surface area contributed by atoms with Gasteiger partial charge in [-0.15, -0.1) is 0 Å². The van der Waals surface area contributed by atoms with E-state index in [4.69, 9.17) is 0 Å². The van der Waals surface area contributed by atoms with Crippen molar-refractivity contribution in [2.75, 3.05) is 12.8 Å². The smallest absolute Gasteiger partial charge is 0.244 e. The first kappa shape index (κ1) is 20.2. The van der Waals surface area contributed by atoms with Crippen LogP contribution in [0.2, 0.25) is 0 Å². The molecule has 2 N–H and O–H groups in total. The van der Waals surface area contributed by atoms with Crippen molar-refractivity contribution in [1.29, 1.82) is 0 Å². The van der Waals surface area contributed by atoms with Crippen LogP contribution in [0, 0.1) is 6.92 Å². The van der Waals surface area contributed by atoms with E-state index in [0.29, 0.717) is 18.1 Å². The summed E-state index contributed by atoms with van der Waals surface area (Å²) in [5.41, 5.74) is 1.67. The summed E-state index contributed by atoms with van der Waals surface area (Å²) in [6.07, 6.45) is 3.26. The van der Waals surface area contributed by atoms with E-state index in [-0.39, 0.29) is 19.0 Å². The van der Waals surface area contributed by atoms with Gasteiger partial charge in [0.05, 0.1) is 18.0 Å². The predicted molar refractivity (Wildman–Crippen MR) is 110 cm³/mol. The van der Waals surface area contributed by atoms with Crippen LogP contribution in [-0.4, -0.2) is 63.0 Å². The Kier molecular flexibility index (Phi) is 5.39. The average Bonchev–Trinajstić information content (AvgIpc) is 3.41. The molecule has 0 bridgehead atoms. The monoisotopic (exact) mass is 429 g/mol. The Morgan fingerprint density at radius 3 is 2.70 bits per heavy atom. The summed E-state index contributed by atoms with van der Waals surface area (Å²) in [4.78, 5) is 19.2. The van der Waals surface area contributed by atoms with E-state index in [2.05, 4.69) is 25.0 Å². The highest BCUT2D eigenvalue weighted by atomic mass is 32.2. The summed E-state index contributed by atoms with van der Waals surface area (Å²) < 4.78 is 27.6. The molecule has 1 aliphatic heterocycles. The molecule has 1 aromatic carbocycles. The molecule has 3 heterocycles. The van der Waals surface area contributed by atoms with Gasteiger partial charge in [-0.2, -0.15) is 10.2 Å². The lowest BCUT2D eigenvalue weighted by molar-refractivity contribution is -0.133. The molecule has 0 spiro atoms. The van der Waals surface area contributed by atoms with Gasteiger partial charge >= 0.3 is 0 Å². The van der Waals surface area contributed by atoms with Crippen molar-refractivity contribution in [2.24, 2.45) is 0 Å². The lowest BCUT2D eigenvalue weighted by atomic mass is 10.1. The number of aromatic nitrogens is 5. The Bertz CT molecular complexity index is 1140. The molecule has 1 fully saturated rings. The van der Waals surface area contributed by atoms with Gasteiger partial charge in [0.2, 0.25) is 15.9 Å². The molecule has 2 atom stereocenters. The van der Waals surface area contributed by atoms with Crippen molar-refractivity contribution in [3.05, 3.63) is 54.1 Å². The SMILES string of the molecule is Cc1ccn(CC(=O)N2C[C@@H](NS(C)(=O)=O)C[C@H]2c2nc(-c3ccccc3)n[nH]2)n1. The summed E-state index contributed by atoms with van der Waals surface area (Å²) >= 11 is 0. The topological polar surface area (TPSA) is 126 Å². The van der Waals surface area contributed by atoms with Crippen molar-refractivity contribution in [3.63, 3.8) is 0 Å². The number of amides is 1. The molecule has 1 amide bonds. The second-order valence-corrected chi connectivity index (χ2v) is 9.23. The molecule has 1 aliphatic rings. The van der Waals surface area contributed by atoms with Crippen LogP contribution in [0.1, 0.15) is 24.0 Å². The van der Waals surface area contributed by atoms with E-state index < -0.39 is 22.1 Å². The van der Waals surface area contributed by atoms with E-state index >= 15 is 0 Å². The molecule has 3 aromatic rings. The molecular formula is C19H23N7O3S. The summed E-state index contributed by atoms with van der Waals surface area (Å²) in [7, 11) is -3.41. The summed E-state index contributed by atoms with van der Waals surface area (Å²) in [5, 5.41) is 11.5. The van der Waals surface area contributed by atoms with Gasteiger partial charge in [-0.05, 0) is 19.4 Å². The molecule has 0 saturated carbocycles. The van der Waals surface area contributed by atoms with Gasteiger partial charge < -0.3 is 4.90 Å². The molecule has 30 heavy (non-hydrogen) atoms. The fourth-order valence-corrected chi connectivity index (χ4v) is 4.46. The molecule has 158 valence electrons. The number of rotatable bonds is 6. The highest BCUT2D eigenvalue weighted by Gasteiger charge is 2.39. The number of aromatic amines is 1. The van der Waals surface area contributed by atoms with Crippen molar-refractivity contribution in [2.45, 2.75) is 32.0 Å². The predicted octanol–water partition coefficient (Wildman–Crippen LogP) is 0.868. The molecule has 2 aromatic heterocycles. The highest BCUT2D eigenvalue weighted by Crippen LogP contribution is 2.31. The number of sulfonamides is 1. The van der Waals surface area contributed by atoms with Gasteiger partial charge in [-0.25, -0.2) is 18.1 Å². The number of carbonyl (C=O) groups excluding carboxylic acids is 1.